The van der Waals surface area contributed by atoms with E-state index in [1.807, 2.05) is 13.8 Å². The lowest BCUT2D eigenvalue weighted by molar-refractivity contribution is -0.119. The highest BCUT2D eigenvalue weighted by atomic mass is 19.1. The third-order valence-electron chi connectivity index (χ3n) is 4.46. The number of hydrogen-bond donors (Lipinski definition) is 2. The maximum absolute atomic E-state index is 13.3. The van der Waals surface area contributed by atoms with Crippen molar-refractivity contribution in [3.8, 4) is 17.2 Å². The van der Waals surface area contributed by atoms with Crippen molar-refractivity contribution in [3.63, 3.8) is 0 Å². The molecule has 9 heteroatoms. The van der Waals surface area contributed by atoms with Gasteiger partial charge < -0.3 is 20.5 Å². The van der Waals surface area contributed by atoms with E-state index in [9.17, 15) is 14.0 Å². The minimum absolute atomic E-state index is 0.0290. The minimum atomic E-state index is -0.633. The number of primary amides is 1. The number of benzene rings is 2. The van der Waals surface area contributed by atoms with Crippen LogP contribution in [0.4, 0.5) is 10.1 Å². The van der Waals surface area contributed by atoms with E-state index in [0.29, 0.717) is 28.4 Å². The van der Waals surface area contributed by atoms with Gasteiger partial charge in [0.1, 0.15) is 5.82 Å². The van der Waals surface area contributed by atoms with Crippen LogP contribution >= 0.6 is 0 Å². The Kier molecular flexibility index (Phi) is 6.54. The zero-order chi connectivity index (χ0) is 22.5. The molecule has 0 saturated carbocycles. The average molecular weight is 426 g/mol. The summed E-state index contributed by atoms with van der Waals surface area (Å²) in [5, 5.41) is 7.13. The molecular formula is C22H23FN4O4. The minimum Gasteiger partial charge on any atom is -0.493 e. The van der Waals surface area contributed by atoms with Gasteiger partial charge in [-0.05, 0) is 42.3 Å². The lowest BCUT2D eigenvalue weighted by atomic mass is 10.0. The smallest absolute Gasteiger partial charge is 0.259 e. The number of halogens is 1. The van der Waals surface area contributed by atoms with Crippen molar-refractivity contribution >= 4 is 17.5 Å². The van der Waals surface area contributed by atoms with Gasteiger partial charge in [0.25, 0.3) is 11.8 Å². The third-order valence-corrected chi connectivity index (χ3v) is 4.46. The highest BCUT2D eigenvalue weighted by Gasteiger charge is 2.21. The van der Waals surface area contributed by atoms with Crippen molar-refractivity contribution in [2.24, 2.45) is 5.73 Å². The van der Waals surface area contributed by atoms with Gasteiger partial charge >= 0.3 is 0 Å². The molecule has 8 nitrogen and oxygen atoms in total. The largest absolute Gasteiger partial charge is 0.493 e. The van der Waals surface area contributed by atoms with E-state index >= 15 is 0 Å². The van der Waals surface area contributed by atoms with Gasteiger partial charge in [-0.15, -0.1) is 0 Å². The summed E-state index contributed by atoms with van der Waals surface area (Å²) in [5.41, 5.74) is 7.28. The van der Waals surface area contributed by atoms with E-state index in [-0.39, 0.29) is 30.0 Å². The number of nitrogens with two attached hydrogens (primary N) is 1. The molecule has 0 saturated heterocycles. The predicted molar refractivity (Wildman–Crippen MR) is 113 cm³/mol. The van der Waals surface area contributed by atoms with Crippen LogP contribution in [0.1, 0.15) is 35.8 Å². The lowest BCUT2D eigenvalue weighted by Gasteiger charge is -2.14. The molecule has 1 heterocycles. The number of ether oxygens (including phenoxy) is 2. The summed E-state index contributed by atoms with van der Waals surface area (Å²) in [6, 6.07) is 10.7. The molecule has 31 heavy (non-hydrogen) atoms. The first-order valence-electron chi connectivity index (χ1n) is 9.54. The van der Waals surface area contributed by atoms with Gasteiger partial charge in [0.05, 0.1) is 30.3 Å². The number of nitrogens with zero attached hydrogens (tertiary/aromatic N) is 2. The number of nitrogens with one attached hydrogen (secondary N) is 1. The molecule has 0 radical (unpaired) electrons. The molecular weight excluding hydrogens is 403 g/mol. The van der Waals surface area contributed by atoms with Crippen LogP contribution in [0.5, 0.6) is 11.5 Å². The van der Waals surface area contributed by atoms with E-state index in [0.717, 1.165) is 0 Å². The number of carbonyl (C=O) groups is 2. The first kappa shape index (κ1) is 21.8. The first-order chi connectivity index (χ1) is 14.8. The summed E-state index contributed by atoms with van der Waals surface area (Å²) in [6.45, 7) is 3.56. The van der Waals surface area contributed by atoms with Crippen LogP contribution in [0.25, 0.3) is 5.69 Å². The normalized spacial score (nSPS) is 10.7. The van der Waals surface area contributed by atoms with Gasteiger partial charge in [-0.2, -0.15) is 5.10 Å². The fourth-order valence-electron chi connectivity index (χ4n) is 3.09. The monoisotopic (exact) mass is 426 g/mol. The molecule has 0 aliphatic rings. The van der Waals surface area contributed by atoms with Crippen molar-refractivity contribution in [3.05, 3.63) is 65.7 Å². The Morgan fingerprint density at radius 3 is 2.48 bits per heavy atom. The van der Waals surface area contributed by atoms with Gasteiger partial charge in [0.15, 0.2) is 18.1 Å². The highest BCUT2D eigenvalue weighted by molar-refractivity contribution is 6.05. The maximum atomic E-state index is 13.3. The summed E-state index contributed by atoms with van der Waals surface area (Å²) in [6.07, 6.45) is 1.47. The fraction of sp³-hybridized carbons (Fsp3) is 0.227. The average Bonchev–Trinajstić information content (AvgIpc) is 3.18. The molecule has 2 aromatic carbocycles. The van der Waals surface area contributed by atoms with Crippen molar-refractivity contribution in [1.29, 1.82) is 0 Å². The van der Waals surface area contributed by atoms with Crippen molar-refractivity contribution in [2.45, 2.75) is 19.8 Å². The standard InChI is InChI=1S/C22H23FN4O4/c1-13(2)21-17(11-25-27(21)16-7-4-14(23)5-8-16)22(29)26-15-6-9-18(30-3)19(10-15)31-12-20(24)28/h4-11,13H,12H2,1-3H3,(H2,24,28)(H,26,29). The zero-order valence-corrected chi connectivity index (χ0v) is 17.4. The van der Waals surface area contributed by atoms with Gasteiger partial charge in [-0.1, -0.05) is 13.8 Å². The number of methoxy groups -OCH3 is 1. The Labute approximate surface area is 178 Å². The molecule has 0 bridgehead atoms. The first-order valence-corrected chi connectivity index (χ1v) is 9.54. The van der Waals surface area contributed by atoms with E-state index in [1.165, 1.54) is 25.4 Å². The summed E-state index contributed by atoms with van der Waals surface area (Å²) < 4.78 is 25.5. The Balaban J connectivity index is 1.89. The fourth-order valence-corrected chi connectivity index (χ4v) is 3.09. The Morgan fingerprint density at radius 1 is 1.16 bits per heavy atom. The molecule has 3 aromatic rings. The number of hydrogen-bond acceptors (Lipinski definition) is 5. The summed E-state index contributed by atoms with van der Waals surface area (Å²) in [4.78, 5) is 24.0. The summed E-state index contributed by atoms with van der Waals surface area (Å²) in [7, 11) is 1.46. The van der Waals surface area contributed by atoms with Crippen LogP contribution < -0.4 is 20.5 Å². The molecule has 0 spiro atoms. The van der Waals surface area contributed by atoms with E-state index in [4.69, 9.17) is 15.2 Å². The topological polar surface area (TPSA) is 108 Å². The molecule has 0 aliphatic carbocycles. The third kappa shape index (κ3) is 5.00. The Bertz CT molecular complexity index is 1090. The highest BCUT2D eigenvalue weighted by Crippen LogP contribution is 2.31. The number of aromatic nitrogens is 2. The predicted octanol–water partition coefficient (Wildman–Crippen LogP) is 3.26. The second kappa shape index (κ2) is 9.29. The van der Waals surface area contributed by atoms with E-state index in [2.05, 4.69) is 10.4 Å². The van der Waals surface area contributed by atoms with Crippen LogP contribution in [0.15, 0.2) is 48.7 Å². The Hall–Kier alpha value is -3.88. The van der Waals surface area contributed by atoms with Gasteiger partial charge in [-0.3, -0.25) is 9.59 Å². The summed E-state index contributed by atoms with van der Waals surface area (Å²) >= 11 is 0. The molecule has 3 N–H and O–H groups in total. The number of carbonyl (C=O) groups excluding carboxylic acids is 2. The van der Waals surface area contributed by atoms with Gasteiger partial charge in [0, 0.05) is 11.8 Å². The second-order valence-corrected chi connectivity index (χ2v) is 7.06. The van der Waals surface area contributed by atoms with E-state index < -0.39 is 5.91 Å². The molecule has 0 fully saturated rings. The van der Waals surface area contributed by atoms with Crippen LogP contribution in [-0.2, 0) is 4.79 Å². The number of amides is 2. The van der Waals surface area contributed by atoms with Crippen molar-refractivity contribution in [2.75, 3.05) is 19.0 Å². The number of rotatable bonds is 8. The summed E-state index contributed by atoms with van der Waals surface area (Å²) in [5.74, 6) is -0.724. The quantitative estimate of drug-likeness (QED) is 0.575. The van der Waals surface area contributed by atoms with Crippen LogP contribution in [0.3, 0.4) is 0 Å². The lowest BCUT2D eigenvalue weighted by Crippen LogP contribution is -2.20. The molecule has 3 rings (SSSR count). The van der Waals surface area contributed by atoms with E-state index in [1.54, 1.807) is 35.0 Å². The van der Waals surface area contributed by atoms with Gasteiger partial charge in [-0.25, -0.2) is 9.07 Å². The SMILES string of the molecule is COc1ccc(NC(=O)c2cnn(-c3ccc(F)cc3)c2C(C)C)cc1OCC(N)=O. The molecule has 0 unspecified atom stereocenters. The van der Waals surface area contributed by atoms with Crippen LogP contribution in [-0.4, -0.2) is 35.3 Å². The second-order valence-electron chi connectivity index (χ2n) is 7.06. The zero-order valence-electron chi connectivity index (χ0n) is 17.4. The molecule has 0 atom stereocenters. The molecule has 1 aromatic heterocycles. The molecule has 0 aliphatic heterocycles. The van der Waals surface area contributed by atoms with Crippen molar-refractivity contribution in [1.82, 2.24) is 9.78 Å². The van der Waals surface area contributed by atoms with Gasteiger partial charge in [0.2, 0.25) is 0 Å². The molecule has 2 amide bonds. The van der Waals surface area contributed by atoms with Crippen LogP contribution in [0, 0.1) is 5.82 Å². The molecule has 162 valence electrons. The number of anilines is 1. The van der Waals surface area contributed by atoms with Crippen molar-refractivity contribution < 1.29 is 23.5 Å². The van der Waals surface area contributed by atoms with Crippen LogP contribution in [0.2, 0.25) is 0 Å². The Morgan fingerprint density at radius 2 is 1.87 bits per heavy atom. The maximum Gasteiger partial charge on any atom is 0.259 e.